The summed E-state index contributed by atoms with van der Waals surface area (Å²) in [6, 6.07) is 4.76. The maximum absolute atomic E-state index is 13.9. The van der Waals surface area contributed by atoms with Crippen molar-refractivity contribution >= 4 is 17.5 Å². The van der Waals surface area contributed by atoms with E-state index in [4.69, 9.17) is 16.3 Å². The molecule has 1 N–H and O–H groups in total. The highest BCUT2D eigenvalue weighted by atomic mass is 35.5. The van der Waals surface area contributed by atoms with Crippen molar-refractivity contribution in [2.24, 2.45) is 5.92 Å². The predicted octanol–water partition coefficient (Wildman–Crippen LogP) is 3.23. The number of rotatable bonds is 8. The summed E-state index contributed by atoms with van der Waals surface area (Å²) in [4.78, 5) is 14.3. The Morgan fingerprint density at radius 2 is 2.17 bits per heavy atom. The maximum atomic E-state index is 13.9. The van der Waals surface area contributed by atoms with Gasteiger partial charge < -0.3 is 10.1 Å². The number of halogens is 2. The summed E-state index contributed by atoms with van der Waals surface area (Å²) in [6.45, 7) is 6.05. The molecule has 0 saturated carbocycles. The molecule has 0 aromatic heterocycles. The van der Waals surface area contributed by atoms with Crippen molar-refractivity contribution in [2.45, 2.75) is 32.7 Å². The van der Waals surface area contributed by atoms with Crippen molar-refractivity contribution in [1.29, 1.82) is 0 Å². The highest BCUT2D eigenvalue weighted by Gasteiger charge is 2.25. The Kier molecular flexibility index (Phi) is 7.95. The zero-order valence-electron chi connectivity index (χ0n) is 14.2. The quantitative estimate of drug-likeness (QED) is 0.727. The van der Waals surface area contributed by atoms with Crippen LogP contribution in [0.2, 0.25) is 5.02 Å². The average molecular weight is 357 g/mol. The first-order chi connectivity index (χ1) is 11.6. The molecular formula is C18H26ClFN2O2. The number of nitrogens with zero attached hydrogens (tertiary/aromatic N) is 1. The van der Waals surface area contributed by atoms with Crippen LogP contribution in [0.5, 0.6) is 0 Å². The first kappa shape index (κ1) is 19.2. The molecular weight excluding hydrogens is 331 g/mol. The summed E-state index contributed by atoms with van der Waals surface area (Å²) in [5, 5.41) is 3.44. The SMILES string of the molecule is CCOCCCNC(=O)C1CCN(Cc2c(F)cccc2Cl)CC1. The fourth-order valence-electron chi connectivity index (χ4n) is 2.93. The van der Waals surface area contributed by atoms with Crippen LogP contribution >= 0.6 is 11.6 Å². The Labute approximate surface area is 148 Å². The Hall–Kier alpha value is -1.17. The van der Waals surface area contributed by atoms with Gasteiger partial charge in [0.2, 0.25) is 5.91 Å². The van der Waals surface area contributed by atoms with Crippen LogP contribution in [0, 0.1) is 11.7 Å². The van der Waals surface area contributed by atoms with Gasteiger partial charge in [0, 0.05) is 42.8 Å². The molecule has 1 fully saturated rings. The standard InChI is InChI=1S/C18H26ClFN2O2/c1-2-24-12-4-9-21-18(23)14-7-10-22(11-8-14)13-15-16(19)5-3-6-17(15)20/h3,5-6,14H,2,4,7-13H2,1H3,(H,21,23). The van der Waals surface area contributed by atoms with Gasteiger partial charge in [-0.15, -0.1) is 0 Å². The van der Waals surface area contributed by atoms with Gasteiger partial charge >= 0.3 is 0 Å². The van der Waals surface area contributed by atoms with Crippen molar-refractivity contribution in [2.75, 3.05) is 32.8 Å². The molecule has 1 aromatic rings. The van der Waals surface area contributed by atoms with Gasteiger partial charge in [-0.2, -0.15) is 0 Å². The Morgan fingerprint density at radius 3 is 2.83 bits per heavy atom. The van der Waals surface area contributed by atoms with Gasteiger partial charge in [0.05, 0.1) is 0 Å². The monoisotopic (exact) mass is 356 g/mol. The van der Waals surface area contributed by atoms with E-state index in [-0.39, 0.29) is 17.6 Å². The minimum atomic E-state index is -0.267. The zero-order chi connectivity index (χ0) is 17.4. The summed E-state index contributed by atoms with van der Waals surface area (Å²) in [5.74, 6) is -0.101. The van der Waals surface area contributed by atoms with Crippen molar-refractivity contribution in [3.8, 4) is 0 Å². The summed E-state index contributed by atoms with van der Waals surface area (Å²) < 4.78 is 19.1. The third-order valence-corrected chi connectivity index (χ3v) is 4.72. The molecule has 134 valence electrons. The van der Waals surface area contributed by atoms with Crippen LogP contribution in [0.15, 0.2) is 18.2 Å². The maximum Gasteiger partial charge on any atom is 0.223 e. The Balaban J connectivity index is 1.72. The second kappa shape index (κ2) is 9.97. The molecule has 1 aromatic carbocycles. The van der Waals surface area contributed by atoms with Gasteiger partial charge in [-0.25, -0.2) is 4.39 Å². The van der Waals surface area contributed by atoms with Crippen LogP contribution in [-0.4, -0.2) is 43.7 Å². The fourth-order valence-corrected chi connectivity index (χ4v) is 3.16. The molecule has 0 unspecified atom stereocenters. The normalized spacial score (nSPS) is 16.3. The lowest BCUT2D eigenvalue weighted by Gasteiger charge is -2.31. The number of ether oxygens (including phenoxy) is 1. The molecule has 1 saturated heterocycles. The third kappa shape index (κ3) is 5.72. The molecule has 1 amide bonds. The fraction of sp³-hybridized carbons (Fsp3) is 0.611. The molecule has 24 heavy (non-hydrogen) atoms. The third-order valence-electron chi connectivity index (χ3n) is 4.37. The second-order valence-corrected chi connectivity index (χ2v) is 6.50. The van der Waals surface area contributed by atoms with Gasteiger partial charge in [0.25, 0.3) is 0 Å². The summed E-state index contributed by atoms with van der Waals surface area (Å²) in [7, 11) is 0. The van der Waals surface area contributed by atoms with Crippen LogP contribution in [0.25, 0.3) is 0 Å². The van der Waals surface area contributed by atoms with E-state index in [1.165, 1.54) is 6.07 Å². The smallest absolute Gasteiger partial charge is 0.223 e. The van der Waals surface area contributed by atoms with Gasteiger partial charge in [-0.3, -0.25) is 9.69 Å². The first-order valence-corrected chi connectivity index (χ1v) is 9.00. The van der Waals surface area contributed by atoms with Gasteiger partial charge in [-0.1, -0.05) is 17.7 Å². The topological polar surface area (TPSA) is 41.6 Å². The van der Waals surface area contributed by atoms with Gasteiger partial charge in [-0.05, 0) is 51.4 Å². The first-order valence-electron chi connectivity index (χ1n) is 8.62. The molecule has 0 atom stereocenters. The summed E-state index contributed by atoms with van der Waals surface area (Å²) in [5.41, 5.74) is 0.540. The minimum Gasteiger partial charge on any atom is -0.382 e. The van der Waals surface area contributed by atoms with Crippen molar-refractivity contribution < 1.29 is 13.9 Å². The lowest BCUT2D eigenvalue weighted by molar-refractivity contribution is -0.126. The number of hydrogen-bond acceptors (Lipinski definition) is 3. The molecule has 4 nitrogen and oxygen atoms in total. The van der Waals surface area contributed by atoms with E-state index in [0.717, 1.165) is 32.4 Å². The zero-order valence-corrected chi connectivity index (χ0v) is 14.9. The van der Waals surface area contributed by atoms with Crippen molar-refractivity contribution in [1.82, 2.24) is 10.2 Å². The van der Waals surface area contributed by atoms with Crippen LogP contribution < -0.4 is 5.32 Å². The molecule has 0 radical (unpaired) electrons. The largest absolute Gasteiger partial charge is 0.382 e. The number of piperidine rings is 1. The van der Waals surface area contributed by atoms with E-state index in [0.29, 0.717) is 36.9 Å². The van der Waals surface area contributed by atoms with Crippen LogP contribution in [0.3, 0.4) is 0 Å². The lowest BCUT2D eigenvalue weighted by atomic mass is 9.95. The van der Waals surface area contributed by atoms with Gasteiger partial charge in [0.1, 0.15) is 5.82 Å². The number of carbonyl (C=O) groups is 1. The van der Waals surface area contributed by atoms with E-state index >= 15 is 0 Å². The number of hydrogen-bond donors (Lipinski definition) is 1. The van der Waals surface area contributed by atoms with E-state index < -0.39 is 0 Å². The Bertz CT molecular complexity index is 514. The van der Waals surface area contributed by atoms with E-state index in [9.17, 15) is 9.18 Å². The number of amides is 1. The molecule has 2 rings (SSSR count). The second-order valence-electron chi connectivity index (χ2n) is 6.09. The van der Waals surface area contributed by atoms with Crippen molar-refractivity contribution in [3.63, 3.8) is 0 Å². The van der Waals surface area contributed by atoms with Crippen LogP contribution in [0.4, 0.5) is 4.39 Å². The van der Waals surface area contributed by atoms with E-state index in [1.54, 1.807) is 12.1 Å². The summed E-state index contributed by atoms with van der Waals surface area (Å²) in [6.07, 6.45) is 2.43. The molecule has 1 aliphatic heterocycles. The lowest BCUT2D eigenvalue weighted by Crippen LogP contribution is -2.40. The van der Waals surface area contributed by atoms with Crippen LogP contribution in [-0.2, 0) is 16.1 Å². The highest BCUT2D eigenvalue weighted by Crippen LogP contribution is 2.24. The minimum absolute atomic E-state index is 0.0458. The van der Waals surface area contributed by atoms with Crippen LogP contribution in [0.1, 0.15) is 31.7 Å². The predicted molar refractivity (Wildman–Crippen MR) is 93.5 cm³/mol. The molecule has 0 bridgehead atoms. The molecule has 0 spiro atoms. The number of likely N-dealkylation sites (tertiary alicyclic amines) is 1. The van der Waals surface area contributed by atoms with Crippen molar-refractivity contribution in [3.05, 3.63) is 34.6 Å². The molecule has 1 aliphatic rings. The molecule has 6 heteroatoms. The molecule has 1 heterocycles. The van der Waals surface area contributed by atoms with E-state index in [1.807, 2.05) is 6.92 Å². The number of nitrogens with one attached hydrogen (secondary N) is 1. The molecule has 0 aliphatic carbocycles. The highest BCUT2D eigenvalue weighted by molar-refractivity contribution is 6.31. The average Bonchev–Trinajstić information content (AvgIpc) is 2.58. The number of benzene rings is 1. The number of carbonyl (C=O) groups excluding carboxylic acids is 1. The van der Waals surface area contributed by atoms with E-state index in [2.05, 4.69) is 10.2 Å². The van der Waals surface area contributed by atoms with Gasteiger partial charge in [0.15, 0.2) is 0 Å². The summed E-state index contributed by atoms with van der Waals surface area (Å²) >= 11 is 6.08. The Morgan fingerprint density at radius 1 is 1.42 bits per heavy atom.